The number of benzene rings is 1. The first-order chi connectivity index (χ1) is 10.5. The monoisotopic (exact) mass is 319 g/mol. The Morgan fingerprint density at radius 2 is 1.82 bits per heavy atom. The van der Waals surface area contributed by atoms with Crippen LogP contribution in [0.4, 0.5) is 0 Å². The van der Waals surface area contributed by atoms with Crippen LogP contribution >= 0.6 is 12.2 Å². The molecule has 1 saturated heterocycles. The number of morpholine rings is 1. The predicted octanol–water partition coefficient (Wildman–Crippen LogP) is 3.25. The summed E-state index contributed by atoms with van der Waals surface area (Å²) in [4.78, 5) is 2.69. The van der Waals surface area contributed by atoms with Gasteiger partial charge in [0.05, 0.1) is 18.9 Å². The highest BCUT2D eigenvalue weighted by Gasteiger charge is 2.23. The highest BCUT2D eigenvalue weighted by Crippen LogP contribution is 2.19. The molecule has 0 bridgehead atoms. The Labute approximate surface area is 135 Å². The summed E-state index contributed by atoms with van der Waals surface area (Å²) in [6, 6.07) is 8.08. The van der Waals surface area contributed by atoms with E-state index >= 15 is 0 Å². The summed E-state index contributed by atoms with van der Waals surface area (Å²) < 4.78 is 13.1. The van der Waals surface area contributed by atoms with Crippen molar-refractivity contribution in [1.82, 2.24) is 14.7 Å². The third kappa shape index (κ3) is 3.45. The molecule has 0 N–H and O–H groups in total. The number of hydrogen-bond donors (Lipinski definition) is 0. The van der Waals surface area contributed by atoms with Gasteiger partial charge < -0.3 is 9.15 Å². The Kier molecular flexibility index (Phi) is 4.42. The van der Waals surface area contributed by atoms with E-state index in [1.165, 1.54) is 5.56 Å². The van der Waals surface area contributed by atoms with E-state index < -0.39 is 0 Å². The average Bonchev–Trinajstić information content (AvgIpc) is 2.80. The zero-order valence-electron chi connectivity index (χ0n) is 13.2. The molecule has 0 aliphatic carbocycles. The van der Waals surface area contributed by atoms with Crippen molar-refractivity contribution in [2.45, 2.75) is 39.6 Å². The second kappa shape index (κ2) is 6.32. The molecule has 0 radical (unpaired) electrons. The fourth-order valence-corrected chi connectivity index (χ4v) is 2.98. The molecular weight excluding hydrogens is 298 g/mol. The maximum Gasteiger partial charge on any atom is 0.288 e. The van der Waals surface area contributed by atoms with E-state index in [2.05, 4.69) is 30.8 Å². The minimum absolute atomic E-state index is 0.224. The second-order valence-corrected chi connectivity index (χ2v) is 6.32. The molecule has 2 heterocycles. The van der Waals surface area contributed by atoms with Crippen molar-refractivity contribution in [3.8, 4) is 11.5 Å². The minimum atomic E-state index is 0.224. The third-order valence-electron chi connectivity index (χ3n) is 3.73. The highest BCUT2D eigenvalue weighted by molar-refractivity contribution is 7.71. The largest absolute Gasteiger partial charge is 0.409 e. The summed E-state index contributed by atoms with van der Waals surface area (Å²) in [5.74, 6) is 0.569. The number of rotatable bonds is 3. The molecule has 3 rings (SSSR count). The quantitative estimate of drug-likeness (QED) is 0.813. The summed E-state index contributed by atoms with van der Waals surface area (Å²) in [6.45, 7) is 8.60. The molecule has 1 aromatic heterocycles. The fourth-order valence-electron chi connectivity index (χ4n) is 2.80. The van der Waals surface area contributed by atoms with Crippen LogP contribution in [0.25, 0.3) is 11.5 Å². The summed E-state index contributed by atoms with van der Waals surface area (Å²) in [5.41, 5.74) is 2.15. The normalized spacial score (nSPS) is 22.9. The Morgan fingerprint density at radius 3 is 2.45 bits per heavy atom. The molecule has 0 unspecified atom stereocenters. The van der Waals surface area contributed by atoms with Crippen LogP contribution in [0.3, 0.4) is 0 Å². The summed E-state index contributed by atoms with van der Waals surface area (Å²) >= 11 is 5.30. The molecule has 1 aromatic carbocycles. The van der Waals surface area contributed by atoms with Crippen molar-refractivity contribution in [3.05, 3.63) is 34.7 Å². The van der Waals surface area contributed by atoms with Gasteiger partial charge in [-0.05, 0) is 45.1 Å². The van der Waals surface area contributed by atoms with Gasteiger partial charge >= 0.3 is 0 Å². The predicted molar refractivity (Wildman–Crippen MR) is 87.1 cm³/mol. The summed E-state index contributed by atoms with van der Waals surface area (Å²) in [6.07, 6.45) is 0.447. The standard InChI is InChI=1S/C16H21N3O2S/c1-11-4-6-14(7-5-11)15-17-19(16(22)21-15)10-18-8-12(2)20-13(3)9-18/h4-7,12-13H,8-10H2,1-3H3/t12-,13+. The Morgan fingerprint density at radius 1 is 1.18 bits per heavy atom. The van der Waals surface area contributed by atoms with Crippen molar-refractivity contribution in [3.63, 3.8) is 0 Å². The van der Waals surface area contributed by atoms with E-state index in [-0.39, 0.29) is 12.2 Å². The molecule has 0 amide bonds. The van der Waals surface area contributed by atoms with Gasteiger partial charge in [0.2, 0.25) is 5.89 Å². The summed E-state index contributed by atoms with van der Waals surface area (Å²) in [7, 11) is 0. The number of aryl methyl sites for hydroxylation is 1. The zero-order valence-corrected chi connectivity index (χ0v) is 14.0. The molecule has 1 aliphatic rings. The van der Waals surface area contributed by atoms with Crippen LogP contribution < -0.4 is 0 Å². The molecule has 2 atom stereocenters. The third-order valence-corrected chi connectivity index (χ3v) is 4.03. The van der Waals surface area contributed by atoms with Gasteiger partial charge in [-0.2, -0.15) is 0 Å². The van der Waals surface area contributed by atoms with E-state index in [1.807, 2.05) is 24.3 Å². The van der Waals surface area contributed by atoms with Crippen LogP contribution in [0, 0.1) is 11.8 Å². The molecule has 0 saturated carbocycles. The molecule has 22 heavy (non-hydrogen) atoms. The first-order valence-electron chi connectivity index (χ1n) is 7.54. The van der Waals surface area contributed by atoms with Gasteiger partial charge in [-0.1, -0.05) is 17.7 Å². The van der Waals surface area contributed by atoms with E-state index in [4.69, 9.17) is 21.4 Å². The maximum atomic E-state index is 5.75. The lowest BCUT2D eigenvalue weighted by atomic mass is 10.1. The average molecular weight is 319 g/mol. The Bertz CT molecular complexity index is 682. The van der Waals surface area contributed by atoms with Crippen LogP contribution in [0.5, 0.6) is 0 Å². The zero-order chi connectivity index (χ0) is 15.7. The van der Waals surface area contributed by atoms with Crippen LogP contribution in [-0.2, 0) is 11.4 Å². The van der Waals surface area contributed by atoms with Gasteiger partial charge in [0, 0.05) is 18.7 Å². The summed E-state index contributed by atoms with van der Waals surface area (Å²) in [5, 5.41) is 4.52. The number of nitrogens with zero attached hydrogens (tertiary/aromatic N) is 3. The smallest absolute Gasteiger partial charge is 0.288 e. The van der Waals surface area contributed by atoms with Crippen molar-refractivity contribution in [2.75, 3.05) is 13.1 Å². The van der Waals surface area contributed by atoms with Crippen LogP contribution in [0.1, 0.15) is 19.4 Å². The van der Waals surface area contributed by atoms with Crippen molar-refractivity contribution in [2.24, 2.45) is 0 Å². The van der Waals surface area contributed by atoms with E-state index in [0.29, 0.717) is 17.4 Å². The molecule has 1 fully saturated rings. The molecule has 6 heteroatoms. The van der Waals surface area contributed by atoms with Crippen molar-refractivity contribution >= 4 is 12.2 Å². The molecule has 0 spiro atoms. The second-order valence-electron chi connectivity index (χ2n) is 5.97. The number of aromatic nitrogens is 2. The van der Waals surface area contributed by atoms with E-state index in [9.17, 15) is 0 Å². The lowest BCUT2D eigenvalue weighted by Crippen LogP contribution is -2.46. The van der Waals surface area contributed by atoms with Gasteiger partial charge in [-0.3, -0.25) is 4.90 Å². The molecular formula is C16H21N3O2S. The van der Waals surface area contributed by atoms with E-state index in [1.54, 1.807) is 4.68 Å². The number of hydrogen-bond acceptors (Lipinski definition) is 5. The molecule has 118 valence electrons. The van der Waals surface area contributed by atoms with Gasteiger partial charge in [-0.15, -0.1) is 5.10 Å². The number of ether oxygens (including phenoxy) is 1. The van der Waals surface area contributed by atoms with Crippen LogP contribution in [0.2, 0.25) is 0 Å². The van der Waals surface area contributed by atoms with Gasteiger partial charge in [0.15, 0.2) is 0 Å². The maximum absolute atomic E-state index is 5.75. The van der Waals surface area contributed by atoms with Gasteiger partial charge in [0.25, 0.3) is 4.84 Å². The van der Waals surface area contributed by atoms with Crippen LogP contribution in [0.15, 0.2) is 28.7 Å². The molecule has 5 nitrogen and oxygen atoms in total. The van der Waals surface area contributed by atoms with Crippen LogP contribution in [-0.4, -0.2) is 40.0 Å². The fraction of sp³-hybridized carbons (Fsp3) is 0.500. The highest BCUT2D eigenvalue weighted by atomic mass is 32.1. The first kappa shape index (κ1) is 15.4. The Balaban J connectivity index is 1.78. The lowest BCUT2D eigenvalue weighted by Gasteiger charge is -2.34. The first-order valence-corrected chi connectivity index (χ1v) is 7.95. The Hall–Kier alpha value is -1.50. The molecule has 2 aromatic rings. The van der Waals surface area contributed by atoms with Crippen molar-refractivity contribution < 1.29 is 9.15 Å². The van der Waals surface area contributed by atoms with E-state index in [0.717, 1.165) is 18.7 Å². The molecule has 1 aliphatic heterocycles. The lowest BCUT2D eigenvalue weighted by molar-refractivity contribution is -0.0778. The minimum Gasteiger partial charge on any atom is -0.409 e. The van der Waals surface area contributed by atoms with Gasteiger partial charge in [0.1, 0.15) is 0 Å². The van der Waals surface area contributed by atoms with Crippen molar-refractivity contribution in [1.29, 1.82) is 0 Å². The topological polar surface area (TPSA) is 43.4 Å². The van der Waals surface area contributed by atoms with Gasteiger partial charge in [-0.25, -0.2) is 4.68 Å². The SMILES string of the molecule is Cc1ccc(-c2nn(CN3C[C@@H](C)O[C@@H](C)C3)c(=S)o2)cc1.